The normalized spacial score (nSPS) is 24.8. The maximum absolute atomic E-state index is 9.32. The number of hydrogen-bond acceptors (Lipinski definition) is 3. The second-order valence-corrected chi connectivity index (χ2v) is 9.56. The second-order valence-electron chi connectivity index (χ2n) is 8.62. The monoisotopic (exact) mass is 381 g/mol. The molecule has 1 spiro atoms. The minimum atomic E-state index is 0.363. The van der Waals surface area contributed by atoms with Crippen LogP contribution in [0, 0.1) is 11.3 Å². The molecule has 1 saturated heterocycles. The van der Waals surface area contributed by atoms with Crippen LogP contribution in [0.4, 0.5) is 5.69 Å². The number of nitriles is 1. The van der Waals surface area contributed by atoms with Gasteiger partial charge in [0, 0.05) is 11.8 Å². The fraction of sp³-hybridized carbons (Fsp3) is 0.652. The van der Waals surface area contributed by atoms with E-state index in [1.807, 2.05) is 17.8 Å². The van der Waals surface area contributed by atoms with Gasteiger partial charge in [-0.3, -0.25) is 0 Å². The molecular weight excluding hydrogens is 350 g/mol. The van der Waals surface area contributed by atoms with E-state index < -0.39 is 0 Å². The molecule has 144 valence electrons. The van der Waals surface area contributed by atoms with E-state index in [0.29, 0.717) is 17.5 Å². The minimum absolute atomic E-state index is 0.363. The Morgan fingerprint density at radius 2 is 2.00 bits per heavy atom. The summed E-state index contributed by atoms with van der Waals surface area (Å²) in [6.45, 7) is 4.46. The standard InChI is InChI=1S/C23H31N3S/c1-3-17(2)20-14-18(15-24)10-11-21(20)25-22-26(19-8-4-5-9-19)23(16-27-22)12-6-7-13-23/h10-11,14,17,19H,3-9,12-13,16H2,1-2H3. The smallest absolute Gasteiger partial charge is 0.165 e. The molecular formula is C23H31N3S. The van der Waals surface area contributed by atoms with Gasteiger partial charge in [-0.25, -0.2) is 4.99 Å². The first-order valence-electron chi connectivity index (χ1n) is 10.7. The lowest BCUT2D eigenvalue weighted by Gasteiger charge is -2.40. The first kappa shape index (κ1) is 18.9. The lowest BCUT2D eigenvalue weighted by atomic mass is 9.95. The Hall–Kier alpha value is -1.47. The molecule has 1 aromatic carbocycles. The van der Waals surface area contributed by atoms with Gasteiger partial charge in [0.05, 0.1) is 22.9 Å². The Bertz CT molecular complexity index is 751. The van der Waals surface area contributed by atoms with E-state index >= 15 is 0 Å². The van der Waals surface area contributed by atoms with Crippen molar-refractivity contribution in [3.8, 4) is 6.07 Å². The SMILES string of the molecule is CCC(C)c1cc(C#N)ccc1N=C1SCC2(CCCC2)N1C1CCCC1. The van der Waals surface area contributed by atoms with Gasteiger partial charge in [-0.2, -0.15) is 5.26 Å². The molecule has 0 radical (unpaired) electrons. The van der Waals surface area contributed by atoms with Gasteiger partial charge in [-0.15, -0.1) is 0 Å². The van der Waals surface area contributed by atoms with Crippen LogP contribution >= 0.6 is 11.8 Å². The van der Waals surface area contributed by atoms with Crippen LogP contribution in [-0.4, -0.2) is 27.4 Å². The van der Waals surface area contributed by atoms with Crippen LogP contribution in [0.25, 0.3) is 0 Å². The third kappa shape index (κ3) is 3.51. The molecule has 0 N–H and O–H groups in total. The molecule has 1 unspecified atom stereocenters. The van der Waals surface area contributed by atoms with E-state index in [1.54, 1.807) is 0 Å². The number of hydrogen-bond donors (Lipinski definition) is 0. The van der Waals surface area contributed by atoms with Crippen LogP contribution in [0.5, 0.6) is 0 Å². The van der Waals surface area contributed by atoms with Crippen LogP contribution < -0.4 is 0 Å². The highest BCUT2D eigenvalue weighted by molar-refractivity contribution is 8.14. The van der Waals surface area contributed by atoms with Crippen LogP contribution in [0.15, 0.2) is 23.2 Å². The summed E-state index contributed by atoms with van der Waals surface area (Å²) in [7, 11) is 0. The summed E-state index contributed by atoms with van der Waals surface area (Å²) in [5.41, 5.74) is 3.40. The van der Waals surface area contributed by atoms with Crippen molar-refractivity contribution >= 4 is 22.6 Å². The van der Waals surface area contributed by atoms with Crippen LogP contribution in [-0.2, 0) is 0 Å². The predicted octanol–water partition coefficient (Wildman–Crippen LogP) is 6.36. The minimum Gasteiger partial charge on any atom is -0.342 e. The average Bonchev–Trinajstić information content (AvgIpc) is 3.44. The van der Waals surface area contributed by atoms with Gasteiger partial charge < -0.3 is 4.90 Å². The maximum Gasteiger partial charge on any atom is 0.165 e. The molecule has 1 atom stereocenters. The first-order chi connectivity index (χ1) is 13.2. The number of thioether (sulfide) groups is 1. The average molecular weight is 382 g/mol. The Kier molecular flexibility index (Phi) is 5.50. The van der Waals surface area contributed by atoms with Crippen molar-refractivity contribution in [1.82, 2.24) is 4.90 Å². The first-order valence-corrected chi connectivity index (χ1v) is 11.7. The van der Waals surface area contributed by atoms with Crippen molar-refractivity contribution in [1.29, 1.82) is 5.26 Å². The predicted molar refractivity (Wildman–Crippen MR) is 115 cm³/mol. The van der Waals surface area contributed by atoms with E-state index in [1.165, 1.54) is 67.9 Å². The molecule has 1 aromatic rings. The van der Waals surface area contributed by atoms with Gasteiger partial charge in [0.25, 0.3) is 0 Å². The molecule has 4 heteroatoms. The zero-order valence-electron chi connectivity index (χ0n) is 16.7. The molecule has 1 heterocycles. The highest BCUT2D eigenvalue weighted by Gasteiger charge is 2.49. The molecule has 2 aliphatic carbocycles. The summed E-state index contributed by atoms with van der Waals surface area (Å²) >= 11 is 1.98. The number of aliphatic imine (C=N–C) groups is 1. The van der Waals surface area contributed by atoms with E-state index in [4.69, 9.17) is 4.99 Å². The van der Waals surface area contributed by atoms with E-state index in [0.717, 1.165) is 17.7 Å². The zero-order chi connectivity index (χ0) is 18.9. The van der Waals surface area contributed by atoms with Gasteiger partial charge in [0.2, 0.25) is 0 Å². The van der Waals surface area contributed by atoms with E-state index in [2.05, 4.69) is 36.9 Å². The van der Waals surface area contributed by atoms with Crippen molar-refractivity contribution in [2.24, 2.45) is 4.99 Å². The number of rotatable bonds is 4. The topological polar surface area (TPSA) is 39.4 Å². The van der Waals surface area contributed by atoms with Gasteiger partial charge in [0.1, 0.15) is 0 Å². The fourth-order valence-electron chi connectivity index (χ4n) is 5.19. The van der Waals surface area contributed by atoms with Crippen molar-refractivity contribution < 1.29 is 0 Å². The van der Waals surface area contributed by atoms with E-state index in [-0.39, 0.29) is 0 Å². The second kappa shape index (κ2) is 7.87. The Morgan fingerprint density at radius 1 is 1.26 bits per heavy atom. The van der Waals surface area contributed by atoms with Crippen molar-refractivity contribution in [2.45, 2.75) is 89.1 Å². The lowest BCUT2D eigenvalue weighted by Crippen LogP contribution is -2.50. The van der Waals surface area contributed by atoms with Gasteiger partial charge >= 0.3 is 0 Å². The largest absolute Gasteiger partial charge is 0.342 e. The van der Waals surface area contributed by atoms with Gasteiger partial charge in [-0.1, -0.05) is 51.3 Å². The van der Waals surface area contributed by atoms with Crippen LogP contribution in [0.1, 0.15) is 88.7 Å². The van der Waals surface area contributed by atoms with E-state index in [9.17, 15) is 5.26 Å². The molecule has 3 nitrogen and oxygen atoms in total. The third-order valence-corrected chi connectivity index (χ3v) is 8.16. The molecule has 2 saturated carbocycles. The molecule has 27 heavy (non-hydrogen) atoms. The molecule has 3 aliphatic rings. The highest BCUT2D eigenvalue weighted by atomic mass is 32.2. The molecule has 1 aliphatic heterocycles. The van der Waals surface area contributed by atoms with Crippen LogP contribution in [0.2, 0.25) is 0 Å². The Balaban J connectivity index is 1.73. The Labute approximate surface area is 168 Å². The highest BCUT2D eigenvalue weighted by Crippen LogP contribution is 2.48. The number of amidine groups is 1. The summed E-state index contributed by atoms with van der Waals surface area (Å²) in [6, 6.07) is 9.03. The summed E-state index contributed by atoms with van der Waals surface area (Å²) in [4.78, 5) is 8.00. The number of nitrogens with zero attached hydrogens (tertiary/aromatic N) is 3. The Morgan fingerprint density at radius 3 is 2.67 bits per heavy atom. The van der Waals surface area contributed by atoms with Gasteiger partial charge in [-0.05, 0) is 61.8 Å². The quantitative estimate of drug-likeness (QED) is 0.609. The maximum atomic E-state index is 9.32. The molecule has 3 fully saturated rings. The summed E-state index contributed by atoms with van der Waals surface area (Å²) in [5, 5.41) is 10.6. The van der Waals surface area contributed by atoms with Crippen molar-refractivity contribution in [3.05, 3.63) is 29.3 Å². The zero-order valence-corrected chi connectivity index (χ0v) is 17.5. The van der Waals surface area contributed by atoms with Crippen LogP contribution in [0.3, 0.4) is 0 Å². The van der Waals surface area contributed by atoms with Gasteiger partial charge in [0.15, 0.2) is 5.17 Å². The molecule has 0 bridgehead atoms. The lowest BCUT2D eigenvalue weighted by molar-refractivity contribution is 0.163. The van der Waals surface area contributed by atoms with Crippen molar-refractivity contribution in [2.75, 3.05) is 5.75 Å². The third-order valence-electron chi connectivity index (χ3n) is 6.93. The van der Waals surface area contributed by atoms with Crippen molar-refractivity contribution in [3.63, 3.8) is 0 Å². The summed E-state index contributed by atoms with van der Waals surface area (Å²) < 4.78 is 0. The molecule has 4 rings (SSSR count). The molecule has 0 amide bonds. The summed E-state index contributed by atoms with van der Waals surface area (Å²) in [5.74, 6) is 1.63. The fourth-order valence-corrected chi connectivity index (χ4v) is 6.67. The molecule has 0 aromatic heterocycles. The number of benzene rings is 1. The summed E-state index contributed by atoms with van der Waals surface area (Å²) in [6.07, 6.45) is 11.9.